The van der Waals surface area contributed by atoms with E-state index in [0.717, 1.165) is 16.7 Å². The zero-order valence-corrected chi connectivity index (χ0v) is 28.9. The van der Waals surface area contributed by atoms with E-state index in [1.807, 2.05) is 59.5 Å². The number of rotatable bonds is 3. The van der Waals surface area contributed by atoms with E-state index in [-0.39, 0.29) is 0 Å². The SMILES string of the molecule is c1ccc(-c2nc(-c3ccccc3)nc(-c3ccc4c(c3)C3(c5ccccc5Sc5ccccc53)c3cc5sc6ccccc6c5cc3-4)n2)cc1. The van der Waals surface area contributed by atoms with Crippen LogP contribution < -0.4 is 0 Å². The molecule has 0 amide bonds. The number of hydrogen-bond acceptors (Lipinski definition) is 5. The van der Waals surface area contributed by atoms with Crippen molar-refractivity contribution in [1.82, 2.24) is 15.0 Å². The molecule has 1 spiro atoms. The molecule has 51 heavy (non-hydrogen) atoms. The molecule has 3 heterocycles. The van der Waals surface area contributed by atoms with Crippen molar-refractivity contribution >= 4 is 43.3 Å². The van der Waals surface area contributed by atoms with Crippen LogP contribution in [-0.2, 0) is 5.41 Å². The highest BCUT2D eigenvalue weighted by Gasteiger charge is 2.50. The highest BCUT2D eigenvalue weighted by Crippen LogP contribution is 2.63. The van der Waals surface area contributed by atoms with Crippen LogP contribution in [0.25, 0.3) is 65.5 Å². The minimum atomic E-state index is -0.513. The molecule has 0 unspecified atom stereocenters. The van der Waals surface area contributed by atoms with Crippen LogP contribution >= 0.6 is 23.1 Å². The third kappa shape index (κ3) is 4.22. The first-order chi connectivity index (χ1) is 25.3. The molecule has 5 heteroatoms. The van der Waals surface area contributed by atoms with E-state index in [2.05, 4.69) is 127 Å². The lowest BCUT2D eigenvalue weighted by molar-refractivity contribution is 0.723. The average Bonchev–Trinajstić information content (AvgIpc) is 3.70. The van der Waals surface area contributed by atoms with Crippen molar-refractivity contribution in [2.24, 2.45) is 0 Å². The summed E-state index contributed by atoms with van der Waals surface area (Å²) in [7, 11) is 0. The molecule has 2 aliphatic rings. The van der Waals surface area contributed by atoms with Crippen molar-refractivity contribution in [3.63, 3.8) is 0 Å². The van der Waals surface area contributed by atoms with E-state index in [1.54, 1.807) is 0 Å². The maximum Gasteiger partial charge on any atom is 0.164 e. The molecule has 3 nitrogen and oxygen atoms in total. The van der Waals surface area contributed by atoms with Gasteiger partial charge in [0.05, 0.1) is 5.41 Å². The minimum absolute atomic E-state index is 0.513. The van der Waals surface area contributed by atoms with Gasteiger partial charge in [0.2, 0.25) is 0 Å². The Kier molecular flexibility index (Phi) is 6.27. The van der Waals surface area contributed by atoms with Gasteiger partial charge in [-0.25, -0.2) is 15.0 Å². The van der Waals surface area contributed by atoms with Crippen LogP contribution in [0.4, 0.5) is 0 Å². The Balaban J connectivity index is 1.23. The number of nitrogens with zero attached hydrogens (tertiary/aromatic N) is 3. The summed E-state index contributed by atoms with van der Waals surface area (Å²) in [6.45, 7) is 0. The lowest BCUT2D eigenvalue weighted by Gasteiger charge is -2.39. The van der Waals surface area contributed by atoms with Crippen LogP contribution in [0.15, 0.2) is 174 Å². The van der Waals surface area contributed by atoms with Gasteiger partial charge in [-0.2, -0.15) is 0 Å². The maximum atomic E-state index is 5.14. The summed E-state index contributed by atoms with van der Waals surface area (Å²) in [4.78, 5) is 17.8. The van der Waals surface area contributed by atoms with Crippen molar-refractivity contribution in [1.29, 1.82) is 0 Å². The van der Waals surface area contributed by atoms with E-state index in [9.17, 15) is 0 Å². The van der Waals surface area contributed by atoms with Gasteiger partial charge in [-0.1, -0.05) is 139 Å². The van der Waals surface area contributed by atoms with E-state index in [0.29, 0.717) is 17.5 Å². The highest BCUT2D eigenvalue weighted by atomic mass is 32.2. The molecule has 1 aliphatic carbocycles. The first-order valence-corrected chi connectivity index (χ1v) is 18.7. The van der Waals surface area contributed by atoms with Gasteiger partial charge < -0.3 is 0 Å². The number of fused-ring (bicyclic) bond motifs is 12. The number of thiophene rings is 1. The van der Waals surface area contributed by atoms with Crippen LogP contribution in [0.1, 0.15) is 22.3 Å². The van der Waals surface area contributed by atoms with E-state index in [1.165, 1.54) is 63.3 Å². The van der Waals surface area contributed by atoms with Crippen molar-refractivity contribution < 1.29 is 0 Å². The zero-order valence-electron chi connectivity index (χ0n) is 27.2. The number of benzene rings is 7. The lowest BCUT2D eigenvalue weighted by Crippen LogP contribution is -2.32. The third-order valence-electron chi connectivity index (χ3n) is 10.4. The summed E-state index contributed by atoms with van der Waals surface area (Å²) in [5.41, 5.74) is 10.1. The molecule has 2 aromatic heterocycles. The summed E-state index contributed by atoms with van der Waals surface area (Å²) in [6, 6.07) is 58.9. The monoisotopic (exact) mass is 685 g/mol. The molecule has 7 aromatic carbocycles. The highest BCUT2D eigenvalue weighted by molar-refractivity contribution is 7.99. The third-order valence-corrected chi connectivity index (χ3v) is 12.7. The van der Waals surface area contributed by atoms with Crippen molar-refractivity contribution in [3.05, 3.63) is 186 Å². The molecule has 11 rings (SSSR count). The summed E-state index contributed by atoms with van der Waals surface area (Å²) in [5.74, 6) is 1.99. The molecule has 0 atom stereocenters. The lowest BCUT2D eigenvalue weighted by atomic mass is 9.67. The second-order valence-corrected chi connectivity index (χ2v) is 15.3. The Labute approximate surface area is 303 Å². The molecule has 0 fully saturated rings. The first kappa shape index (κ1) is 28.9. The summed E-state index contributed by atoms with van der Waals surface area (Å²) in [6.07, 6.45) is 0. The molecule has 9 aromatic rings. The summed E-state index contributed by atoms with van der Waals surface area (Å²) >= 11 is 3.75. The normalized spacial score (nSPS) is 13.6. The molecule has 0 saturated heterocycles. The topological polar surface area (TPSA) is 38.7 Å². The van der Waals surface area contributed by atoms with Crippen molar-refractivity contribution in [3.8, 4) is 45.3 Å². The molecule has 0 saturated carbocycles. The molecule has 0 bridgehead atoms. The standard InChI is InChI=1S/C46H27N3S2/c1-3-13-28(14-4-1)43-47-44(29-15-5-2-6-16-29)49-45(48-43)30-23-24-31-33-26-34-32-17-7-10-20-39(32)50-42(34)27-38(33)46(37(31)25-30)35-18-8-11-21-40(35)51-41-22-12-9-19-36(41)46/h1-27H. The van der Waals surface area contributed by atoms with Gasteiger partial charge in [0.15, 0.2) is 17.5 Å². The van der Waals surface area contributed by atoms with Crippen LogP contribution in [0.2, 0.25) is 0 Å². The number of hydrogen-bond donors (Lipinski definition) is 0. The molecular weight excluding hydrogens is 659 g/mol. The Morgan fingerprint density at radius 1 is 0.373 bits per heavy atom. The average molecular weight is 686 g/mol. The zero-order chi connectivity index (χ0) is 33.5. The van der Waals surface area contributed by atoms with Gasteiger partial charge in [-0.15, -0.1) is 11.3 Å². The summed E-state index contributed by atoms with van der Waals surface area (Å²) < 4.78 is 2.63. The predicted octanol–water partition coefficient (Wildman–Crippen LogP) is 12.1. The first-order valence-electron chi connectivity index (χ1n) is 17.1. The molecular formula is C46H27N3S2. The second-order valence-electron chi connectivity index (χ2n) is 13.1. The van der Waals surface area contributed by atoms with Gasteiger partial charge in [0.1, 0.15) is 0 Å². The van der Waals surface area contributed by atoms with Crippen LogP contribution in [0.3, 0.4) is 0 Å². The second kappa shape index (κ2) is 11.1. The van der Waals surface area contributed by atoms with Crippen LogP contribution in [-0.4, -0.2) is 15.0 Å². The van der Waals surface area contributed by atoms with Gasteiger partial charge in [-0.3, -0.25) is 0 Å². The van der Waals surface area contributed by atoms with E-state index in [4.69, 9.17) is 15.0 Å². The van der Waals surface area contributed by atoms with Crippen LogP contribution in [0, 0.1) is 0 Å². The van der Waals surface area contributed by atoms with Gasteiger partial charge in [0, 0.05) is 46.7 Å². The van der Waals surface area contributed by atoms with Gasteiger partial charge in [0.25, 0.3) is 0 Å². The predicted molar refractivity (Wildman–Crippen MR) is 210 cm³/mol. The summed E-state index contributed by atoms with van der Waals surface area (Å²) in [5, 5.41) is 2.62. The fraction of sp³-hybridized carbons (Fsp3) is 0.0217. The minimum Gasteiger partial charge on any atom is -0.208 e. The van der Waals surface area contributed by atoms with Crippen molar-refractivity contribution in [2.45, 2.75) is 15.2 Å². The Morgan fingerprint density at radius 2 is 0.922 bits per heavy atom. The molecule has 238 valence electrons. The fourth-order valence-corrected chi connectivity index (χ4v) is 10.5. The quantitative estimate of drug-likeness (QED) is 0.186. The van der Waals surface area contributed by atoms with Gasteiger partial charge >= 0.3 is 0 Å². The Bertz CT molecular complexity index is 2740. The fourth-order valence-electron chi connectivity index (χ4n) is 8.19. The van der Waals surface area contributed by atoms with Gasteiger partial charge in [-0.05, 0) is 69.8 Å². The number of aromatic nitrogens is 3. The van der Waals surface area contributed by atoms with Crippen molar-refractivity contribution in [2.75, 3.05) is 0 Å². The molecule has 1 aliphatic heterocycles. The van der Waals surface area contributed by atoms with Crippen LogP contribution in [0.5, 0.6) is 0 Å². The smallest absolute Gasteiger partial charge is 0.164 e. The maximum absolute atomic E-state index is 5.14. The van der Waals surface area contributed by atoms with E-state index < -0.39 is 5.41 Å². The molecule has 0 N–H and O–H groups in total. The Hall–Kier alpha value is -5.88. The van der Waals surface area contributed by atoms with E-state index >= 15 is 0 Å². The largest absolute Gasteiger partial charge is 0.208 e. The molecule has 0 radical (unpaired) electrons. The Morgan fingerprint density at radius 3 is 1.59 bits per heavy atom.